The van der Waals surface area contributed by atoms with E-state index in [0.717, 1.165) is 6.42 Å². The minimum Gasteiger partial charge on any atom is -0.508 e. The van der Waals surface area contributed by atoms with Crippen molar-refractivity contribution in [1.29, 1.82) is 0 Å². The van der Waals surface area contributed by atoms with Gasteiger partial charge in [0.2, 0.25) is 0 Å². The summed E-state index contributed by atoms with van der Waals surface area (Å²) in [6.45, 7) is 4.72. The Kier molecular flexibility index (Phi) is 3.29. The lowest BCUT2D eigenvalue weighted by Crippen LogP contribution is -2.46. The molecule has 0 amide bonds. The van der Waals surface area contributed by atoms with Gasteiger partial charge in [-0.05, 0) is 56.8 Å². The minimum absolute atomic E-state index is 0.528. The van der Waals surface area contributed by atoms with Crippen LogP contribution in [0.2, 0.25) is 0 Å². The first-order chi connectivity index (χ1) is 8.81. The second-order valence-electron chi connectivity index (χ2n) is 5.74. The van der Waals surface area contributed by atoms with Gasteiger partial charge in [-0.2, -0.15) is 0 Å². The highest BCUT2D eigenvalue weighted by Crippen LogP contribution is 2.44. The van der Waals surface area contributed by atoms with Crippen LogP contribution in [0, 0.1) is 0 Å². The van der Waals surface area contributed by atoms with Crippen LogP contribution in [0.3, 0.4) is 0 Å². The molecule has 0 radical (unpaired) electrons. The van der Waals surface area contributed by atoms with Crippen LogP contribution in [0.15, 0.2) is 18.2 Å². The van der Waals surface area contributed by atoms with E-state index in [9.17, 15) is 5.11 Å². The molecule has 3 rings (SSSR count). The molecule has 0 unspecified atom stereocenters. The zero-order valence-electron chi connectivity index (χ0n) is 11.2. The number of hydrogen-bond acceptors (Lipinski definition) is 2. The second kappa shape index (κ2) is 4.93. The van der Waals surface area contributed by atoms with E-state index in [0.29, 0.717) is 17.7 Å². The summed E-state index contributed by atoms with van der Waals surface area (Å²) in [6.07, 6.45) is 6.15. The van der Waals surface area contributed by atoms with Crippen LogP contribution in [-0.2, 0) is 6.42 Å². The van der Waals surface area contributed by atoms with Crippen molar-refractivity contribution < 1.29 is 5.11 Å². The van der Waals surface area contributed by atoms with Crippen LogP contribution in [0.1, 0.15) is 49.7 Å². The zero-order chi connectivity index (χ0) is 12.5. The summed E-state index contributed by atoms with van der Waals surface area (Å²) in [5.41, 5.74) is 2.64. The average molecular weight is 245 g/mol. The number of phenols is 1. The molecule has 1 fully saturated rings. The third kappa shape index (κ3) is 1.93. The van der Waals surface area contributed by atoms with E-state index in [1.165, 1.54) is 49.9 Å². The molecule has 0 bridgehead atoms. The van der Waals surface area contributed by atoms with E-state index in [2.05, 4.69) is 17.9 Å². The summed E-state index contributed by atoms with van der Waals surface area (Å²) in [6, 6.07) is 6.71. The first-order valence-electron chi connectivity index (χ1n) is 7.36. The first kappa shape index (κ1) is 12.0. The number of fused-ring (bicyclic) bond motifs is 3. The first-order valence-corrected chi connectivity index (χ1v) is 7.36. The van der Waals surface area contributed by atoms with Crippen molar-refractivity contribution in [2.24, 2.45) is 0 Å². The lowest BCUT2D eigenvalue weighted by molar-refractivity contribution is 0.111. The molecule has 1 aromatic rings. The number of likely N-dealkylation sites (tertiary alicyclic amines) is 1. The largest absolute Gasteiger partial charge is 0.508 e. The number of phenolic OH excluding ortho intramolecular Hbond substituents is 1. The molecule has 98 valence electrons. The Morgan fingerprint density at radius 3 is 3.06 bits per heavy atom. The van der Waals surface area contributed by atoms with Crippen LogP contribution in [0.4, 0.5) is 0 Å². The van der Waals surface area contributed by atoms with Crippen molar-refractivity contribution in [3.63, 3.8) is 0 Å². The normalized spacial score (nSPS) is 27.6. The van der Waals surface area contributed by atoms with E-state index in [-0.39, 0.29) is 0 Å². The maximum absolute atomic E-state index is 10.2. The van der Waals surface area contributed by atoms with E-state index in [4.69, 9.17) is 0 Å². The molecule has 2 nitrogen and oxygen atoms in total. The predicted octanol–water partition coefficient (Wildman–Crippen LogP) is 3.30. The van der Waals surface area contributed by atoms with Crippen molar-refractivity contribution >= 4 is 0 Å². The summed E-state index contributed by atoms with van der Waals surface area (Å²) in [5.74, 6) is 1.09. The molecule has 2 heteroatoms. The highest BCUT2D eigenvalue weighted by Gasteiger charge is 2.37. The van der Waals surface area contributed by atoms with Crippen LogP contribution in [0.5, 0.6) is 5.75 Å². The van der Waals surface area contributed by atoms with Gasteiger partial charge >= 0.3 is 0 Å². The number of rotatable bonds is 2. The molecule has 1 saturated heterocycles. The molecule has 1 N–H and O–H groups in total. The van der Waals surface area contributed by atoms with Gasteiger partial charge in [0, 0.05) is 17.5 Å². The highest BCUT2D eigenvalue weighted by molar-refractivity contribution is 5.44. The average Bonchev–Trinajstić information content (AvgIpc) is 2.39. The van der Waals surface area contributed by atoms with Gasteiger partial charge in [0.15, 0.2) is 0 Å². The lowest BCUT2D eigenvalue weighted by Gasteiger charge is -2.45. The molecular formula is C16H23NO. The van der Waals surface area contributed by atoms with E-state index in [1.807, 2.05) is 12.1 Å². The standard InChI is InChI=1S/C16H23NO/c1-2-10-17-11-4-6-13-14(17)9-8-12-5-3-7-15(18)16(12)13/h3,5,7,13-14,18H,2,4,6,8-11H2,1H3/t13-,14-/m0/s1. The second-order valence-corrected chi connectivity index (χ2v) is 5.74. The third-order valence-electron chi connectivity index (χ3n) is 4.66. The summed E-state index contributed by atoms with van der Waals surface area (Å²) < 4.78 is 0. The third-order valence-corrected chi connectivity index (χ3v) is 4.66. The Balaban J connectivity index is 1.94. The SMILES string of the molecule is CCCN1CCC[C@@H]2c3c(O)cccc3CC[C@@H]21. The van der Waals surface area contributed by atoms with Gasteiger partial charge in [-0.1, -0.05) is 19.1 Å². The smallest absolute Gasteiger partial charge is 0.119 e. The van der Waals surface area contributed by atoms with Gasteiger partial charge < -0.3 is 5.11 Å². The molecule has 0 aromatic heterocycles. The number of piperidine rings is 1. The van der Waals surface area contributed by atoms with Gasteiger partial charge in [0.05, 0.1) is 0 Å². The predicted molar refractivity (Wildman–Crippen MR) is 74.1 cm³/mol. The lowest BCUT2D eigenvalue weighted by atomic mass is 9.74. The Hall–Kier alpha value is -1.02. The summed E-state index contributed by atoms with van der Waals surface area (Å²) >= 11 is 0. The molecule has 18 heavy (non-hydrogen) atoms. The fourth-order valence-corrected chi connectivity index (χ4v) is 3.96. The molecule has 1 aliphatic heterocycles. The number of benzene rings is 1. The van der Waals surface area contributed by atoms with Crippen molar-refractivity contribution in [2.75, 3.05) is 13.1 Å². The quantitative estimate of drug-likeness (QED) is 0.864. The number of hydrogen-bond donors (Lipinski definition) is 1. The number of aryl methyl sites for hydroxylation is 1. The molecule has 1 aliphatic carbocycles. The van der Waals surface area contributed by atoms with Crippen molar-refractivity contribution in [2.45, 2.75) is 51.0 Å². The topological polar surface area (TPSA) is 23.5 Å². The summed E-state index contributed by atoms with van der Waals surface area (Å²) in [7, 11) is 0. The summed E-state index contributed by atoms with van der Waals surface area (Å²) in [4.78, 5) is 2.66. The van der Waals surface area contributed by atoms with Crippen LogP contribution < -0.4 is 0 Å². The van der Waals surface area contributed by atoms with Crippen LogP contribution in [-0.4, -0.2) is 29.1 Å². The molecule has 0 spiro atoms. The fraction of sp³-hybridized carbons (Fsp3) is 0.625. The maximum Gasteiger partial charge on any atom is 0.119 e. The fourth-order valence-electron chi connectivity index (χ4n) is 3.96. The van der Waals surface area contributed by atoms with Gasteiger partial charge in [0.1, 0.15) is 5.75 Å². The van der Waals surface area contributed by atoms with E-state index in [1.54, 1.807) is 0 Å². The Bertz CT molecular complexity index is 427. The van der Waals surface area contributed by atoms with Crippen molar-refractivity contribution in [3.05, 3.63) is 29.3 Å². The molecule has 2 aliphatic rings. The molecular weight excluding hydrogens is 222 g/mol. The number of aromatic hydroxyl groups is 1. The monoisotopic (exact) mass is 245 g/mol. The Labute approximate surface area is 110 Å². The number of nitrogens with zero attached hydrogens (tertiary/aromatic N) is 1. The van der Waals surface area contributed by atoms with Crippen LogP contribution in [0.25, 0.3) is 0 Å². The van der Waals surface area contributed by atoms with Gasteiger partial charge in [0.25, 0.3) is 0 Å². The van der Waals surface area contributed by atoms with Gasteiger partial charge in [-0.3, -0.25) is 4.90 Å². The molecule has 1 heterocycles. The van der Waals surface area contributed by atoms with Crippen LogP contribution >= 0.6 is 0 Å². The maximum atomic E-state index is 10.2. The van der Waals surface area contributed by atoms with Gasteiger partial charge in [-0.25, -0.2) is 0 Å². The van der Waals surface area contributed by atoms with Gasteiger partial charge in [-0.15, -0.1) is 0 Å². The Morgan fingerprint density at radius 2 is 2.22 bits per heavy atom. The Morgan fingerprint density at radius 1 is 1.33 bits per heavy atom. The molecule has 0 saturated carbocycles. The molecule has 1 aromatic carbocycles. The van der Waals surface area contributed by atoms with Crippen molar-refractivity contribution in [3.8, 4) is 5.75 Å². The van der Waals surface area contributed by atoms with E-state index < -0.39 is 0 Å². The van der Waals surface area contributed by atoms with E-state index >= 15 is 0 Å². The molecule has 2 atom stereocenters. The minimum atomic E-state index is 0.528. The summed E-state index contributed by atoms with van der Waals surface area (Å²) in [5, 5.41) is 10.2. The highest BCUT2D eigenvalue weighted by atomic mass is 16.3. The zero-order valence-corrected chi connectivity index (χ0v) is 11.2. The van der Waals surface area contributed by atoms with Crippen molar-refractivity contribution in [1.82, 2.24) is 4.90 Å².